The minimum atomic E-state index is -0.750. The highest BCUT2D eigenvalue weighted by atomic mass is 35.5. The largest absolute Gasteiger partial charge is 0.465 e. The van der Waals surface area contributed by atoms with Gasteiger partial charge in [-0.2, -0.15) is 0 Å². The molecule has 0 aromatic heterocycles. The number of carbonyl (C=O) groups excluding carboxylic acids is 2. The van der Waals surface area contributed by atoms with Crippen molar-refractivity contribution in [1.29, 1.82) is 0 Å². The first-order valence-electron chi connectivity index (χ1n) is 17.5. The van der Waals surface area contributed by atoms with Crippen molar-refractivity contribution in [3.05, 3.63) is 52.1 Å². The number of rotatable bonds is 12. The molecule has 2 N–H and O–H groups in total. The fraction of sp³-hybridized carbons (Fsp3) is 0.684. The molecule has 1 heterocycles. The lowest BCUT2D eigenvalue weighted by molar-refractivity contribution is -0.141. The number of esters is 1. The molecule has 1 aromatic rings. The molecule has 47 heavy (non-hydrogen) atoms. The molecule has 8 nitrogen and oxygen atoms in total. The average Bonchev–Trinajstić information content (AvgIpc) is 3.56. The van der Waals surface area contributed by atoms with Gasteiger partial charge >= 0.3 is 5.97 Å². The van der Waals surface area contributed by atoms with Crippen LogP contribution in [0.3, 0.4) is 0 Å². The molecule has 0 spiro atoms. The lowest BCUT2D eigenvalue weighted by Gasteiger charge is -2.43. The fourth-order valence-corrected chi connectivity index (χ4v) is 8.85. The molecule has 1 amide bonds. The minimum absolute atomic E-state index is 0.0102. The minimum Gasteiger partial charge on any atom is -0.465 e. The zero-order chi connectivity index (χ0) is 33.9. The first kappa shape index (κ1) is 36.1. The van der Waals surface area contributed by atoms with E-state index in [1.165, 1.54) is 23.6 Å². The van der Waals surface area contributed by atoms with Gasteiger partial charge in [-0.05, 0) is 92.9 Å². The summed E-state index contributed by atoms with van der Waals surface area (Å²) < 4.78 is 17.7. The summed E-state index contributed by atoms with van der Waals surface area (Å²) in [6, 6.07) is 6.38. The van der Waals surface area contributed by atoms with Crippen molar-refractivity contribution in [1.82, 2.24) is 0 Å². The van der Waals surface area contributed by atoms with Crippen molar-refractivity contribution >= 4 is 29.2 Å². The Kier molecular flexibility index (Phi) is 11.9. The summed E-state index contributed by atoms with van der Waals surface area (Å²) in [6.45, 7) is 9.69. The number of aliphatic hydroxyl groups is 2. The van der Waals surface area contributed by atoms with Gasteiger partial charge in [0.15, 0.2) is 0 Å². The maximum atomic E-state index is 12.3. The number of benzene rings is 1. The van der Waals surface area contributed by atoms with Gasteiger partial charge < -0.3 is 29.3 Å². The number of aryl methyl sites for hydroxylation is 2. The van der Waals surface area contributed by atoms with Crippen molar-refractivity contribution in [2.75, 3.05) is 44.3 Å². The van der Waals surface area contributed by atoms with Crippen LogP contribution in [0.1, 0.15) is 77.3 Å². The van der Waals surface area contributed by atoms with Crippen LogP contribution in [0.25, 0.3) is 0 Å². The van der Waals surface area contributed by atoms with Crippen LogP contribution in [0.4, 0.5) is 5.69 Å². The van der Waals surface area contributed by atoms with E-state index >= 15 is 0 Å². The van der Waals surface area contributed by atoms with Crippen molar-refractivity contribution in [3.8, 4) is 0 Å². The topological polar surface area (TPSA) is 106 Å². The molecule has 9 heteroatoms. The van der Waals surface area contributed by atoms with Crippen LogP contribution in [-0.4, -0.2) is 79.8 Å². The van der Waals surface area contributed by atoms with E-state index in [1.807, 2.05) is 6.92 Å². The number of hydrogen-bond donors (Lipinski definition) is 2. The Morgan fingerprint density at radius 1 is 1.19 bits per heavy atom. The second-order valence-electron chi connectivity index (χ2n) is 14.5. The highest BCUT2D eigenvalue weighted by molar-refractivity contribution is 6.29. The number of amides is 1. The van der Waals surface area contributed by atoms with E-state index in [-0.39, 0.29) is 48.0 Å². The van der Waals surface area contributed by atoms with Gasteiger partial charge in [-0.3, -0.25) is 9.59 Å². The van der Waals surface area contributed by atoms with Gasteiger partial charge in [0, 0.05) is 50.1 Å². The normalized spacial score (nSPS) is 32.1. The van der Waals surface area contributed by atoms with Crippen LogP contribution >= 0.6 is 11.6 Å². The van der Waals surface area contributed by atoms with Gasteiger partial charge in [0.2, 0.25) is 5.91 Å². The van der Waals surface area contributed by atoms with Crippen LogP contribution in [0.2, 0.25) is 0 Å². The molecule has 1 saturated carbocycles. The highest BCUT2D eigenvalue weighted by Gasteiger charge is 2.53. The van der Waals surface area contributed by atoms with Gasteiger partial charge in [-0.15, -0.1) is 11.6 Å². The molecule has 0 radical (unpaired) electrons. The zero-order valence-electron chi connectivity index (χ0n) is 28.8. The lowest BCUT2D eigenvalue weighted by atomic mass is 9.68. The molecule has 1 fully saturated rings. The molecule has 8 atom stereocenters. The monoisotopic (exact) mass is 671 g/mol. The average molecular weight is 672 g/mol. The van der Waals surface area contributed by atoms with Crippen molar-refractivity contribution in [2.45, 2.75) is 97.4 Å². The van der Waals surface area contributed by atoms with E-state index in [0.29, 0.717) is 26.2 Å². The zero-order valence-corrected chi connectivity index (χ0v) is 29.6. The van der Waals surface area contributed by atoms with Crippen LogP contribution in [0.5, 0.6) is 0 Å². The Bertz CT molecular complexity index is 1360. The molecule has 4 aliphatic rings. The molecule has 1 aromatic carbocycles. The Balaban J connectivity index is 1.35. The Labute approximate surface area is 285 Å². The number of fused-ring (bicyclic) bond motifs is 3. The summed E-state index contributed by atoms with van der Waals surface area (Å²) in [6.07, 6.45) is 7.23. The summed E-state index contributed by atoms with van der Waals surface area (Å²) in [5.41, 5.74) is 5.95. The highest BCUT2D eigenvalue weighted by Crippen LogP contribution is 2.55. The van der Waals surface area contributed by atoms with Crippen LogP contribution in [0.15, 0.2) is 41.0 Å². The van der Waals surface area contributed by atoms with E-state index in [1.54, 1.807) is 12.0 Å². The molecule has 3 aliphatic carbocycles. The Morgan fingerprint density at radius 3 is 2.70 bits per heavy atom. The first-order valence-corrected chi connectivity index (χ1v) is 18.1. The number of ether oxygens (including phenoxy) is 3. The number of halogens is 1. The number of anilines is 1. The van der Waals surface area contributed by atoms with Gasteiger partial charge in [-0.25, -0.2) is 0 Å². The van der Waals surface area contributed by atoms with E-state index in [0.717, 1.165) is 61.8 Å². The summed E-state index contributed by atoms with van der Waals surface area (Å²) >= 11 is 5.85. The van der Waals surface area contributed by atoms with Crippen LogP contribution in [0, 0.1) is 29.1 Å². The second kappa shape index (κ2) is 15.5. The van der Waals surface area contributed by atoms with Gasteiger partial charge in [0.05, 0.1) is 25.4 Å². The number of alkyl halides is 1. The second-order valence-corrected chi connectivity index (χ2v) is 14.7. The molecule has 260 valence electrons. The van der Waals surface area contributed by atoms with E-state index in [2.05, 4.69) is 38.1 Å². The van der Waals surface area contributed by atoms with Gasteiger partial charge in [0.25, 0.3) is 0 Å². The summed E-state index contributed by atoms with van der Waals surface area (Å²) in [7, 11) is 1.73. The van der Waals surface area contributed by atoms with E-state index in [4.69, 9.17) is 25.8 Å². The van der Waals surface area contributed by atoms with Crippen molar-refractivity contribution in [3.63, 3.8) is 0 Å². The van der Waals surface area contributed by atoms with E-state index < -0.39 is 23.7 Å². The smallest absolute Gasteiger partial charge is 0.302 e. The molecule has 0 unspecified atom stereocenters. The number of nitrogens with zero attached hydrogens (tertiary/aromatic N) is 1. The maximum Gasteiger partial charge on any atom is 0.302 e. The third kappa shape index (κ3) is 7.52. The number of carbonyl (C=O) groups is 2. The first-order chi connectivity index (χ1) is 22.5. The molecular formula is C38H54ClNO7. The Hall–Kier alpha value is -2.23. The standard InChI is InChI=1S/C38H54ClNO7/c1-23(21-47-25(3)41)30-18-33(42)38(4)19-31-28(22-45-5)12-13-29(31)24(2)36(44)37(35(30)38)46-16-7-6-9-26-11-14-32-27(17-26)10-8-15-40(32)34(43)20-39/h11,14,17,19,23-24,28-29,33,36-37,42,44H,6-10,12-13,15-16,18,20-22H2,1-5H3/b31-19-/t23-,24-,28-,29+,33+,36-,37-,38+/m1/s1. The summed E-state index contributed by atoms with van der Waals surface area (Å²) in [5.74, 6) is -0.0894. The van der Waals surface area contributed by atoms with Crippen molar-refractivity contribution < 1.29 is 34.0 Å². The molecule has 0 saturated heterocycles. The predicted octanol–water partition coefficient (Wildman–Crippen LogP) is 5.79. The molecule has 5 rings (SSSR count). The Morgan fingerprint density at radius 2 is 1.98 bits per heavy atom. The molecule has 1 aliphatic heterocycles. The summed E-state index contributed by atoms with van der Waals surface area (Å²) in [5, 5.41) is 23.8. The lowest BCUT2D eigenvalue weighted by Crippen LogP contribution is -2.46. The molecule has 0 bridgehead atoms. The summed E-state index contributed by atoms with van der Waals surface area (Å²) in [4.78, 5) is 25.8. The third-order valence-corrected chi connectivity index (χ3v) is 11.6. The number of aliphatic hydroxyl groups excluding tert-OH is 2. The van der Waals surface area contributed by atoms with Crippen LogP contribution in [-0.2, 0) is 36.6 Å². The fourth-order valence-electron chi connectivity index (χ4n) is 8.71. The quantitative estimate of drug-likeness (QED) is 0.125. The predicted molar refractivity (Wildman–Crippen MR) is 183 cm³/mol. The van der Waals surface area contributed by atoms with Crippen LogP contribution < -0.4 is 4.90 Å². The number of unbranched alkanes of at least 4 members (excludes halogenated alkanes) is 1. The van der Waals surface area contributed by atoms with Gasteiger partial charge in [-0.1, -0.05) is 43.2 Å². The van der Waals surface area contributed by atoms with E-state index in [9.17, 15) is 19.8 Å². The van der Waals surface area contributed by atoms with Gasteiger partial charge in [0.1, 0.15) is 12.0 Å². The third-order valence-electron chi connectivity index (χ3n) is 11.3. The molecular weight excluding hydrogens is 618 g/mol. The number of methoxy groups -OCH3 is 1. The van der Waals surface area contributed by atoms with Crippen molar-refractivity contribution in [2.24, 2.45) is 29.1 Å². The maximum absolute atomic E-state index is 12.3. The SMILES string of the molecule is COC[C@H]1CC[C@@H]2/C1=C\[C@]1(C)C(=C([C@H](C)COC(C)=O)C[C@@H]1O)[C@@H](OCCCCc1ccc3c(c1)CCCN3C(=O)CCl)[C@H](O)[C@@H]2C. The number of hydrogen-bond acceptors (Lipinski definition) is 7.